The third-order valence-corrected chi connectivity index (χ3v) is 1.29. The van der Waals surface area contributed by atoms with Gasteiger partial charge in [-0.2, -0.15) is 26.3 Å². The second-order valence-corrected chi connectivity index (χ2v) is 3.21. The zero-order valence-corrected chi connectivity index (χ0v) is 10.5. The molecular weight excluding hydrogens is 336 g/mol. The number of alkyl halides is 6. The van der Waals surface area contributed by atoms with Gasteiger partial charge in [-0.25, -0.2) is 9.59 Å². The van der Waals surface area contributed by atoms with Gasteiger partial charge in [0.05, 0.1) is 6.10 Å². The third kappa shape index (κ3) is 16.0. The monoisotopic (exact) mass is 347 g/mol. The summed E-state index contributed by atoms with van der Waals surface area (Å²) >= 11 is 0. The van der Waals surface area contributed by atoms with Crippen LogP contribution < -0.4 is 5.73 Å². The van der Waals surface area contributed by atoms with Gasteiger partial charge in [0.15, 0.2) is 0 Å². The smallest absolute Gasteiger partial charge is 0.480 e. The van der Waals surface area contributed by atoms with Crippen molar-refractivity contribution < 1.29 is 61.2 Å². The summed E-state index contributed by atoms with van der Waals surface area (Å²) in [5.74, 6) is -6.69. The SMILES string of the molecule is CC(O)C(N)C(=O)O.O=C(O)C(F)(F)F.O=C(O)C(F)(F)F. The van der Waals surface area contributed by atoms with Gasteiger partial charge in [-0.15, -0.1) is 0 Å². The van der Waals surface area contributed by atoms with Crippen molar-refractivity contribution in [1.82, 2.24) is 0 Å². The largest absolute Gasteiger partial charge is 0.490 e. The highest BCUT2D eigenvalue weighted by Crippen LogP contribution is 2.13. The molecule has 0 bridgehead atoms. The van der Waals surface area contributed by atoms with Crippen LogP contribution >= 0.6 is 0 Å². The van der Waals surface area contributed by atoms with Crippen molar-refractivity contribution in [2.75, 3.05) is 0 Å². The molecule has 0 radical (unpaired) electrons. The topological polar surface area (TPSA) is 158 Å². The molecule has 2 atom stereocenters. The minimum atomic E-state index is -5.08. The average Bonchev–Trinajstić information content (AvgIpc) is 2.26. The molecule has 0 aliphatic carbocycles. The first-order valence-corrected chi connectivity index (χ1v) is 4.71. The number of hydrogen-bond acceptors (Lipinski definition) is 5. The molecule has 2 unspecified atom stereocenters. The first kappa shape index (κ1) is 24.9. The number of rotatable bonds is 2. The van der Waals surface area contributed by atoms with Crippen LogP contribution in [0.3, 0.4) is 0 Å². The van der Waals surface area contributed by atoms with Gasteiger partial charge in [-0.1, -0.05) is 0 Å². The maximum Gasteiger partial charge on any atom is 0.490 e. The van der Waals surface area contributed by atoms with Crippen LogP contribution in [0.2, 0.25) is 0 Å². The van der Waals surface area contributed by atoms with Gasteiger partial charge in [0.25, 0.3) is 0 Å². The van der Waals surface area contributed by atoms with E-state index in [1.165, 1.54) is 6.92 Å². The van der Waals surface area contributed by atoms with Crippen LogP contribution in [0, 0.1) is 0 Å². The van der Waals surface area contributed by atoms with Gasteiger partial charge in [-0.05, 0) is 6.92 Å². The Morgan fingerprint density at radius 2 is 1.05 bits per heavy atom. The Hall–Kier alpha value is -2.09. The first-order chi connectivity index (χ1) is 9.44. The Bertz CT molecular complexity index is 354. The van der Waals surface area contributed by atoms with Crippen LogP contribution in [-0.4, -0.2) is 62.8 Å². The summed E-state index contributed by atoms with van der Waals surface area (Å²) in [6, 6.07) is -1.16. The number of carboxylic acids is 3. The predicted octanol–water partition coefficient (Wildman–Crippen LogP) is 0.0457. The van der Waals surface area contributed by atoms with Crippen LogP contribution in [0.1, 0.15) is 6.92 Å². The van der Waals surface area contributed by atoms with Crippen LogP contribution in [0.5, 0.6) is 0 Å². The fraction of sp³-hybridized carbons (Fsp3) is 0.625. The van der Waals surface area contributed by atoms with Gasteiger partial charge in [0, 0.05) is 0 Å². The van der Waals surface area contributed by atoms with Crippen molar-refractivity contribution >= 4 is 17.9 Å². The highest BCUT2D eigenvalue weighted by atomic mass is 19.4. The van der Waals surface area contributed by atoms with Crippen LogP contribution in [0.25, 0.3) is 0 Å². The Labute approximate surface area is 117 Å². The molecule has 0 saturated heterocycles. The van der Waals surface area contributed by atoms with E-state index in [0.29, 0.717) is 0 Å². The average molecular weight is 347 g/mol. The lowest BCUT2D eigenvalue weighted by atomic mass is 10.2. The number of hydrogen-bond donors (Lipinski definition) is 5. The Morgan fingerprint density at radius 3 is 1.05 bits per heavy atom. The molecule has 8 nitrogen and oxygen atoms in total. The van der Waals surface area contributed by atoms with E-state index in [1.54, 1.807) is 0 Å². The number of aliphatic hydroxyl groups excluding tert-OH is 1. The first-order valence-electron chi connectivity index (χ1n) is 4.71. The molecule has 0 aromatic heterocycles. The standard InChI is InChI=1S/C4H9NO3.2C2HF3O2/c1-2(6)3(5)4(7)8;2*3-2(4,5)1(6)7/h2-3,6H,5H2,1H3,(H,7,8);2*(H,6,7). The Morgan fingerprint density at radius 1 is 0.864 bits per heavy atom. The van der Waals surface area contributed by atoms with Gasteiger partial charge >= 0.3 is 30.3 Å². The summed E-state index contributed by atoms with van der Waals surface area (Å²) in [6.07, 6.45) is -11.1. The molecule has 132 valence electrons. The molecule has 0 fully saturated rings. The molecule has 0 amide bonds. The van der Waals surface area contributed by atoms with E-state index in [2.05, 4.69) is 0 Å². The molecule has 0 saturated carbocycles. The number of carboxylic acid groups (broad SMARTS) is 3. The van der Waals surface area contributed by atoms with Gasteiger partial charge in [0.2, 0.25) is 0 Å². The molecule has 0 heterocycles. The summed E-state index contributed by atoms with van der Waals surface area (Å²) < 4.78 is 63.5. The molecule has 0 aromatic carbocycles. The molecule has 22 heavy (non-hydrogen) atoms. The summed E-state index contributed by atoms with van der Waals surface area (Å²) in [5, 5.41) is 30.8. The van der Waals surface area contributed by atoms with Crippen molar-refractivity contribution in [3.8, 4) is 0 Å². The molecule has 0 aliphatic heterocycles. The number of nitrogens with two attached hydrogens (primary N) is 1. The molecule has 14 heteroatoms. The molecule has 6 N–H and O–H groups in total. The number of halogens is 6. The normalized spacial score (nSPS) is 13.5. The number of aliphatic hydroxyl groups is 1. The maximum atomic E-state index is 10.6. The van der Waals surface area contributed by atoms with E-state index in [4.69, 9.17) is 35.7 Å². The second-order valence-electron chi connectivity index (χ2n) is 3.21. The van der Waals surface area contributed by atoms with Crippen molar-refractivity contribution in [2.45, 2.75) is 31.4 Å². The lowest BCUT2D eigenvalue weighted by molar-refractivity contribution is -0.193. The van der Waals surface area contributed by atoms with Crippen LogP contribution in [0.4, 0.5) is 26.3 Å². The van der Waals surface area contributed by atoms with Gasteiger partial charge in [0.1, 0.15) is 6.04 Å². The summed E-state index contributed by atoms with van der Waals surface area (Å²) in [6.45, 7) is 1.33. The van der Waals surface area contributed by atoms with E-state index in [-0.39, 0.29) is 0 Å². The van der Waals surface area contributed by atoms with Gasteiger partial charge < -0.3 is 26.2 Å². The van der Waals surface area contributed by atoms with Crippen molar-refractivity contribution in [2.24, 2.45) is 5.73 Å². The quantitative estimate of drug-likeness (QED) is 0.438. The highest BCUT2D eigenvalue weighted by molar-refractivity contribution is 5.74. The molecular formula is C8H11F6NO7. The fourth-order valence-corrected chi connectivity index (χ4v) is 0.206. The molecule has 0 aromatic rings. The van der Waals surface area contributed by atoms with Gasteiger partial charge in [-0.3, -0.25) is 4.79 Å². The number of aliphatic carboxylic acids is 3. The Kier molecular flexibility index (Phi) is 11.1. The number of carbonyl (C=O) groups is 3. The zero-order valence-electron chi connectivity index (χ0n) is 10.5. The van der Waals surface area contributed by atoms with Crippen molar-refractivity contribution in [3.63, 3.8) is 0 Å². The van der Waals surface area contributed by atoms with Crippen LogP contribution in [-0.2, 0) is 14.4 Å². The van der Waals surface area contributed by atoms with Crippen LogP contribution in [0.15, 0.2) is 0 Å². The van der Waals surface area contributed by atoms with E-state index in [0.717, 1.165) is 0 Å². The summed E-state index contributed by atoms with van der Waals surface area (Å²) in [7, 11) is 0. The highest BCUT2D eigenvalue weighted by Gasteiger charge is 2.38. The lowest BCUT2D eigenvalue weighted by Crippen LogP contribution is -2.39. The maximum absolute atomic E-state index is 10.6. The van der Waals surface area contributed by atoms with E-state index < -0.39 is 42.4 Å². The minimum absolute atomic E-state index is 0.979. The van der Waals surface area contributed by atoms with E-state index in [9.17, 15) is 31.1 Å². The Balaban J connectivity index is -0.000000247. The summed E-state index contributed by atoms with van der Waals surface area (Å²) in [5.41, 5.74) is 4.91. The van der Waals surface area contributed by atoms with E-state index in [1.807, 2.05) is 0 Å². The minimum Gasteiger partial charge on any atom is -0.480 e. The molecule has 0 aliphatic rings. The lowest BCUT2D eigenvalue weighted by Gasteiger charge is -2.06. The molecule has 0 spiro atoms. The zero-order chi connectivity index (χ0) is 18.9. The third-order valence-electron chi connectivity index (χ3n) is 1.29. The fourth-order valence-electron chi connectivity index (χ4n) is 0.206. The van der Waals surface area contributed by atoms with Crippen molar-refractivity contribution in [1.29, 1.82) is 0 Å². The predicted molar refractivity (Wildman–Crippen MR) is 54.7 cm³/mol. The van der Waals surface area contributed by atoms with Crippen molar-refractivity contribution in [3.05, 3.63) is 0 Å². The second kappa shape index (κ2) is 9.78. The summed E-state index contributed by atoms with van der Waals surface area (Å²) in [4.78, 5) is 27.6. The molecule has 0 rings (SSSR count). The van der Waals surface area contributed by atoms with E-state index >= 15 is 0 Å².